The number of hydrogen-bond donors (Lipinski definition) is 0. The second kappa shape index (κ2) is 4.46. The molecule has 3 aromatic rings. The molecule has 0 aliphatic heterocycles. The smallest absolute Gasteiger partial charge is 0.0540 e. The monoisotopic (exact) mass is 397 g/mol. The fourth-order valence-electron chi connectivity index (χ4n) is 1.96. The van der Waals surface area contributed by atoms with Crippen molar-refractivity contribution in [1.29, 1.82) is 0 Å². The quantitative estimate of drug-likeness (QED) is 0.509. The van der Waals surface area contributed by atoms with E-state index in [1.54, 1.807) is 0 Å². The van der Waals surface area contributed by atoms with Crippen molar-refractivity contribution >= 4 is 49.4 Å². The SMILES string of the molecule is Brc1cn(-c2ccccc2)c2ccc(I)cc12. The lowest BCUT2D eigenvalue weighted by Crippen LogP contribution is -1.90. The van der Waals surface area contributed by atoms with Crippen LogP contribution in [0.15, 0.2) is 59.2 Å². The van der Waals surface area contributed by atoms with E-state index in [-0.39, 0.29) is 0 Å². The molecule has 0 spiro atoms. The third-order valence-electron chi connectivity index (χ3n) is 2.75. The molecule has 17 heavy (non-hydrogen) atoms. The van der Waals surface area contributed by atoms with Crippen LogP contribution in [0.1, 0.15) is 0 Å². The third kappa shape index (κ3) is 2.02. The number of hydrogen-bond acceptors (Lipinski definition) is 0. The first-order chi connectivity index (χ1) is 8.25. The normalized spacial score (nSPS) is 10.9. The van der Waals surface area contributed by atoms with Gasteiger partial charge in [0.05, 0.1) is 5.52 Å². The molecule has 1 nitrogen and oxygen atoms in total. The Hall–Kier alpha value is -0.810. The maximum Gasteiger partial charge on any atom is 0.0540 e. The van der Waals surface area contributed by atoms with Gasteiger partial charge in [-0.2, -0.15) is 0 Å². The molecule has 0 aliphatic carbocycles. The van der Waals surface area contributed by atoms with Gasteiger partial charge < -0.3 is 4.57 Å². The molecular weight excluding hydrogens is 389 g/mol. The van der Waals surface area contributed by atoms with E-state index >= 15 is 0 Å². The number of fused-ring (bicyclic) bond motifs is 1. The Morgan fingerprint density at radius 2 is 1.76 bits per heavy atom. The molecular formula is C14H9BrIN. The molecule has 2 aromatic carbocycles. The van der Waals surface area contributed by atoms with Crippen LogP contribution in [0.5, 0.6) is 0 Å². The second-order valence-electron chi connectivity index (χ2n) is 3.84. The second-order valence-corrected chi connectivity index (χ2v) is 5.94. The minimum absolute atomic E-state index is 1.13. The Bertz CT molecular complexity index is 673. The van der Waals surface area contributed by atoms with Crippen LogP contribution in [0.2, 0.25) is 0 Å². The standard InChI is InChI=1S/C14H9BrIN/c15-13-9-17(11-4-2-1-3-5-11)14-7-6-10(16)8-12(13)14/h1-9H. The lowest BCUT2D eigenvalue weighted by Gasteiger charge is -2.04. The predicted octanol–water partition coefficient (Wildman–Crippen LogP) is 5.00. The number of nitrogens with zero attached hydrogens (tertiary/aromatic N) is 1. The number of rotatable bonds is 1. The van der Waals surface area contributed by atoms with Gasteiger partial charge in [-0.3, -0.25) is 0 Å². The average molecular weight is 398 g/mol. The Balaban J connectivity index is 2.32. The van der Waals surface area contributed by atoms with Gasteiger partial charge in [-0.1, -0.05) is 18.2 Å². The van der Waals surface area contributed by atoms with Gasteiger partial charge >= 0.3 is 0 Å². The molecule has 0 fully saturated rings. The van der Waals surface area contributed by atoms with Gasteiger partial charge in [-0.15, -0.1) is 0 Å². The molecule has 3 heteroatoms. The highest BCUT2D eigenvalue weighted by Gasteiger charge is 2.07. The molecule has 0 amide bonds. The lowest BCUT2D eigenvalue weighted by atomic mass is 10.2. The summed E-state index contributed by atoms with van der Waals surface area (Å²) in [6.07, 6.45) is 2.12. The summed E-state index contributed by atoms with van der Waals surface area (Å²) in [6.45, 7) is 0. The molecule has 0 N–H and O–H groups in total. The number of benzene rings is 2. The van der Waals surface area contributed by atoms with E-state index in [0.717, 1.165) is 4.47 Å². The molecule has 0 saturated carbocycles. The van der Waals surface area contributed by atoms with Crippen molar-refractivity contribution in [3.63, 3.8) is 0 Å². The Morgan fingerprint density at radius 1 is 1.00 bits per heavy atom. The summed E-state index contributed by atoms with van der Waals surface area (Å²) in [4.78, 5) is 0. The summed E-state index contributed by atoms with van der Waals surface area (Å²) in [6, 6.07) is 16.9. The summed E-state index contributed by atoms with van der Waals surface area (Å²) in [5.41, 5.74) is 2.41. The Morgan fingerprint density at radius 3 is 2.53 bits per heavy atom. The molecule has 0 aliphatic rings. The predicted molar refractivity (Wildman–Crippen MR) is 83.7 cm³/mol. The molecule has 0 radical (unpaired) electrons. The summed E-state index contributed by atoms with van der Waals surface area (Å²) in [5.74, 6) is 0. The minimum Gasteiger partial charge on any atom is -0.315 e. The van der Waals surface area contributed by atoms with E-state index in [1.807, 2.05) is 6.07 Å². The summed E-state index contributed by atoms with van der Waals surface area (Å²) in [5, 5.41) is 1.25. The van der Waals surface area contributed by atoms with E-state index in [2.05, 4.69) is 91.7 Å². The zero-order valence-corrected chi connectivity index (χ0v) is 12.6. The van der Waals surface area contributed by atoms with Crippen molar-refractivity contribution in [2.24, 2.45) is 0 Å². The maximum absolute atomic E-state index is 3.62. The highest BCUT2D eigenvalue weighted by molar-refractivity contribution is 14.1. The van der Waals surface area contributed by atoms with Crippen molar-refractivity contribution in [2.75, 3.05) is 0 Å². The summed E-state index contributed by atoms with van der Waals surface area (Å²) >= 11 is 5.96. The molecule has 3 rings (SSSR count). The topological polar surface area (TPSA) is 4.93 Å². The molecule has 0 bridgehead atoms. The van der Waals surface area contributed by atoms with Crippen LogP contribution in [0.25, 0.3) is 16.6 Å². The van der Waals surface area contributed by atoms with Crippen molar-refractivity contribution in [1.82, 2.24) is 4.57 Å². The van der Waals surface area contributed by atoms with Crippen molar-refractivity contribution in [3.05, 3.63) is 62.8 Å². The highest BCUT2D eigenvalue weighted by atomic mass is 127. The molecule has 0 saturated heterocycles. The van der Waals surface area contributed by atoms with Gasteiger partial charge in [0.15, 0.2) is 0 Å². The number of para-hydroxylation sites is 1. The minimum atomic E-state index is 1.13. The van der Waals surface area contributed by atoms with Crippen LogP contribution in [-0.2, 0) is 0 Å². The maximum atomic E-state index is 3.62. The van der Waals surface area contributed by atoms with Crippen LogP contribution in [0, 0.1) is 3.57 Å². The van der Waals surface area contributed by atoms with E-state index in [9.17, 15) is 0 Å². The third-order valence-corrected chi connectivity index (χ3v) is 4.06. The molecule has 84 valence electrons. The largest absolute Gasteiger partial charge is 0.315 e. The van der Waals surface area contributed by atoms with Crippen LogP contribution in [0.3, 0.4) is 0 Å². The fraction of sp³-hybridized carbons (Fsp3) is 0. The number of aromatic nitrogens is 1. The van der Waals surface area contributed by atoms with Crippen LogP contribution < -0.4 is 0 Å². The van der Waals surface area contributed by atoms with Gasteiger partial charge in [0.25, 0.3) is 0 Å². The van der Waals surface area contributed by atoms with E-state index < -0.39 is 0 Å². The molecule has 0 unspecified atom stereocenters. The van der Waals surface area contributed by atoms with Gasteiger partial charge in [0.2, 0.25) is 0 Å². The van der Waals surface area contributed by atoms with Gasteiger partial charge in [0, 0.05) is 25.3 Å². The molecule has 0 atom stereocenters. The Kier molecular flexibility index (Phi) is 2.96. The fourth-order valence-corrected chi connectivity index (χ4v) is 2.98. The van der Waals surface area contributed by atoms with Gasteiger partial charge in [-0.05, 0) is 68.9 Å². The van der Waals surface area contributed by atoms with E-state index in [1.165, 1.54) is 20.2 Å². The van der Waals surface area contributed by atoms with Gasteiger partial charge in [0.1, 0.15) is 0 Å². The average Bonchev–Trinajstić information content (AvgIpc) is 2.68. The molecule has 1 aromatic heterocycles. The van der Waals surface area contributed by atoms with E-state index in [0.29, 0.717) is 0 Å². The first-order valence-electron chi connectivity index (χ1n) is 5.27. The highest BCUT2D eigenvalue weighted by Crippen LogP contribution is 2.29. The summed E-state index contributed by atoms with van der Waals surface area (Å²) < 4.78 is 4.59. The van der Waals surface area contributed by atoms with Crippen molar-refractivity contribution in [2.45, 2.75) is 0 Å². The molecule has 1 heterocycles. The van der Waals surface area contributed by atoms with Crippen LogP contribution in [0.4, 0.5) is 0 Å². The van der Waals surface area contributed by atoms with Crippen molar-refractivity contribution in [3.8, 4) is 5.69 Å². The number of halogens is 2. The first kappa shape index (κ1) is 11.3. The Labute approximate surface area is 122 Å². The van der Waals surface area contributed by atoms with Crippen LogP contribution >= 0.6 is 38.5 Å². The summed E-state index contributed by atoms with van der Waals surface area (Å²) in [7, 11) is 0. The lowest BCUT2D eigenvalue weighted by molar-refractivity contribution is 1.12. The van der Waals surface area contributed by atoms with Gasteiger partial charge in [-0.25, -0.2) is 0 Å². The zero-order valence-electron chi connectivity index (χ0n) is 8.90. The first-order valence-corrected chi connectivity index (χ1v) is 7.14. The van der Waals surface area contributed by atoms with Crippen LogP contribution in [-0.4, -0.2) is 4.57 Å². The van der Waals surface area contributed by atoms with E-state index in [4.69, 9.17) is 0 Å². The van der Waals surface area contributed by atoms with Crippen molar-refractivity contribution < 1.29 is 0 Å². The zero-order chi connectivity index (χ0) is 11.8.